The van der Waals surface area contributed by atoms with Gasteiger partial charge in [-0.25, -0.2) is 19.5 Å². The summed E-state index contributed by atoms with van der Waals surface area (Å²) in [6, 6.07) is 15.4. The Morgan fingerprint density at radius 3 is 2.44 bits per heavy atom. The fraction of sp³-hybridized carbons (Fsp3) is 0. The largest absolute Gasteiger partial charge is 0.271 e. The lowest BCUT2D eigenvalue weighted by atomic mass is 10.0. The van der Waals surface area contributed by atoms with Gasteiger partial charge in [0.05, 0.1) is 35.9 Å². The molecule has 2 aromatic carbocycles. The summed E-state index contributed by atoms with van der Waals surface area (Å²) in [4.78, 5) is 12.5. The van der Waals surface area contributed by atoms with E-state index in [1.165, 1.54) is 12.1 Å². The molecule has 0 bridgehead atoms. The molecule has 1 aromatic heterocycles. The molecular weight excluding hydrogens is 315 g/mol. The summed E-state index contributed by atoms with van der Waals surface area (Å²) >= 11 is 0. The van der Waals surface area contributed by atoms with Crippen LogP contribution in [0, 0.1) is 23.7 Å². The highest BCUT2D eigenvalue weighted by atomic mass is 19.1. The van der Waals surface area contributed by atoms with Crippen molar-refractivity contribution in [2.75, 3.05) is 0 Å². The molecule has 116 valence electrons. The van der Waals surface area contributed by atoms with Gasteiger partial charge in [0.15, 0.2) is 0 Å². The second-order valence-electron chi connectivity index (χ2n) is 5.45. The van der Waals surface area contributed by atoms with Gasteiger partial charge in [0, 0.05) is 16.7 Å². The number of benzene rings is 2. The topological polar surface area (TPSA) is 53.9 Å². The Balaban J connectivity index is 1.98. The first-order chi connectivity index (χ1) is 12.2. The molecular formula is C20H9FN4. The molecule has 0 fully saturated rings. The van der Waals surface area contributed by atoms with E-state index in [9.17, 15) is 9.65 Å². The lowest BCUT2D eigenvalue weighted by Gasteiger charge is -2.05. The number of rotatable bonds is 1. The Morgan fingerprint density at radius 1 is 1.04 bits per heavy atom. The third kappa shape index (κ3) is 2.27. The maximum absolute atomic E-state index is 13.1. The number of allylic oxidation sites excluding steroid dienone is 1. The number of fused-ring (bicyclic) bond motifs is 3. The molecule has 1 aliphatic carbocycles. The zero-order valence-corrected chi connectivity index (χ0v) is 12.9. The number of hydrogen-bond acceptors (Lipinski definition) is 3. The first kappa shape index (κ1) is 14.7. The molecule has 1 heterocycles. The minimum absolute atomic E-state index is 0.00460. The fourth-order valence-electron chi connectivity index (χ4n) is 2.93. The Bertz CT molecular complexity index is 1100. The van der Waals surface area contributed by atoms with E-state index in [2.05, 4.69) is 14.8 Å². The summed E-state index contributed by atoms with van der Waals surface area (Å²) in [5, 5.41) is 9.29. The first-order valence-electron chi connectivity index (χ1n) is 7.48. The maximum atomic E-state index is 13.1. The predicted octanol–water partition coefficient (Wildman–Crippen LogP) is 4.47. The molecule has 0 unspecified atom stereocenters. The Kier molecular flexibility index (Phi) is 3.34. The zero-order chi connectivity index (χ0) is 17.4. The van der Waals surface area contributed by atoms with Crippen LogP contribution in [0.4, 0.5) is 4.39 Å². The number of hydrogen-bond donors (Lipinski definition) is 0. The lowest BCUT2D eigenvalue weighted by Crippen LogP contribution is -1.94. The van der Waals surface area contributed by atoms with Gasteiger partial charge in [-0.3, -0.25) is 4.98 Å². The van der Waals surface area contributed by atoms with Crippen molar-refractivity contribution >= 4 is 5.57 Å². The van der Waals surface area contributed by atoms with Gasteiger partial charge in [0.1, 0.15) is 5.82 Å². The quantitative estimate of drug-likeness (QED) is 0.383. The molecule has 0 amide bonds. The number of aromatic nitrogens is 2. The first-order valence-corrected chi connectivity index (χ1v) is 7.48. The van der Waals surface area contributed by atoms with Crippen LogP contribution in [0.15, 0.2) is 60.4 Å². The Morgan fingerprint density at radius 2 is 1.76 bits per heavy atom. The average Bonchev–Trinajstić information content (AvgIpc) is 2.98. The molecule has 0 radical (unpaired) electrons. The van der Waals surface area contributed by atoms with E-state index in [1.54, 1.807) is 18.3 Å². The van der Waals surface area contributed by atoms with Crippen LogP contribution in [0.3, 0.4) is 0 Å². The monoisotopic (exact) mass is 324 g/mol. The summed E-state index contributed by atoms with van der Waals surface area (Å²) in [7, 11) is 0. The zero-order valence-electron chi connectivity index (χ0n) is 12.9. The highest BCUT2D eigenvalue weighted by Crippen LogP contribution is 2.44. The minimum atomic E-state index is -0.316. The van der Waals surface area contributed by atoms with Crippen LogP contribution >= 0.6 is 0 Å². The van der Waals surface area contributed by atoms with Crippen LogP contribution in [0.25, 0.3) is 32.9 Å². The van der Waals surface area contributed by atoms with E-state index in [-0.39, 0.29) is 11.5 Å². The number of nitriles is 1. The average molecular weight is 324 g/mol. The lowest BCUT2D eigenvalue weighted by molar-refractivity contribution is 0.628. The summed E-state index contributed by atoms with van der Waals surface area (Å²) < 4.78 is 13.1. The third-order valence-electron chi connectivity index (χ3n) is 4.06. The van der Waals surface area contributed by atoms with Crippen molar-refractivity contribution in [1.82, 2.24) is 9.97 Å². The normalized spacial score (nSPS) is 13.4. The van der Waals surface area contributed by atoms with Crippen LogP contribution < -0.4 is 0 Å². The molecule has 0 spiro atoms. The molecule has 0 saturated carbocycles. The third-order valence-corrected chi connectivity index (χ3v) is 4.06. The van der Waals surface area contributed by atoms with Gasteiger partial charge in [-0.05, 0) is 29.8 Å². The Labute approximate surface area is 143 Å². The summed E-state index contributed by atoms with van der Waals surface area (Å²) in [5.41, 5.74) is 4.63. The van der Waals surface area contributed by atoms with Gasteiger partial charge in [-0.15, -0.1) is 0 Å². The predicted molar refractivity (Wildman–Crippen MR) is 91.1 cm³/mol. The van der Waals surface area contributed by atoms with Gasteiger partial charge in [0.25, 0.3) is 5.70 Å². The summed E-state index contributed by atoms with van der Waals surface area (Å²) in [6.45, 7) is 7.27. The van der Waals surface area contributed by atoms with E-state index in [1.807, 2.05) is 30.3 Å². The highest BCUT2D eigenvalue weighted by Gasteiger charge is 2.29. The molecule has 0 saturated heterocycles. The van der Waals surface area contributed by atoms with Crippen molar-refractivity contribution in [3.63, 3.8) is 0 Å². The molecule has 25 heavy (non-hydrogen) atoms. The molecule has 0 N–H and O–H groups in total. The Hall–Kier alpha value is -3.83. The number of nitrogens with zero attached hydrogens (tertiary/aromatic N) is 4. The van der Waals surface area contributed by atoms with Crippen molar-refractivity contribution in [2.45, 2.75) is 0 Å². The standard InChI is InChI=1S/C20H9FN4/c1-23-16(10-22)18-14-4-2-3-5-15(14)19-20(18)24-11-17(25-19)12-6-8-13(21)9-7-12/h2-9,11H/b18-16+. The molecule has 4 nitrogen and oxygen atoms in total. The molecule has 0 aliphatic heterocycles. The van der Waals surface area contributed by atoms with Crippen LogP contribution in [0.5, 0.6) is 0 Å². The molecule has 3 aromatic rings. The minimum Gasteiger partial charge on any atom is -0.253 e. The van der Waals surface area contributed by atoms with Crippen molar-refractivity contribution in [2.24, 2.45) is 0 Å². The molecule has 1 aliphatic rings. The summed E-state index contributed by atoms with van der Waals surface area (Å²) in [6.07, 6.45) is 1.58. The molecule has 0 atom stereocenters. The SMILES string of the molecule is [C-]#[N+]/C(C#N)=C1\c2ccccc2-c2nc(-c3ccc(F)cc3)cnc21. The van der Waals surface area contributed by atoms with Gasteiger partial charge in [-0.1, -0.05) is 24.3 Å². The van der Waals surface area contributed by atoms with Gasteiger partial charge in [-0.2, -0.15) is 0 Å². The van der Waals surface area contributed by atoms with Gasteiger partial charge >= 0.3 is 0 Å². The van der Waals surface area contributed by atoms with E-state index in [4.69, 9.17) is 6.57 Å². The molecule has 4 rings (SSSR count). The second kappa shape index (κ2) is 5.67. The summed E-state index contributed by atoms with van der Waals surface area (Å²) in [5.74, 6) is -0.316. The maximum Gasteiger partial charge on any atom is 0.271 e. The van der Waals surface area contributed by atoms with Crippen LogP contribution in [-0.4, -0.2) is 9.97 Å². The van der Waals surface area contributed by atoms with Crippen LogP contribution in [-0.2, 0) is 0 Å². The van der Waals surface area contributed by atoms with E-state index >= 15 is 0 Å². The number of halogens is 1. The highest BCUT2D eigenvalue weighted by molar-refractivity contribution is 6.01. The van der Waals surface area contributed by atoms with Crippen molar-refractivity contribution in [1.29, 1.82) is 5.26 Å². The van der Waals surface area contributed by atoms with Crippen molar-refractivity contribution in [3.05, 3.63) is 88.9 Å². The van der Waals surface area contributed by atoms with Crippen LogP contribution in [0.1, 0.15) is 11.3 Å². The van der Waals surface area contributed by atoms with Crippen molar-refractivity contribution < 1.29 is 4.39 Å². The fourth-order valence-corrected chi connectivity index (χ4v) is 2.93. The van der Waals surface area contributed by atoms with Gasteiger partial charge < -0.3 is 0 Å². The van der Waals surface area contributed by atoms with E-state index in [0.29, 0.717) is 22.7 Å². The van der Waals surface area contributed by atoms with Crippen LogP contribution in [0.2, 0.25) is 0 Å². The van der Waals surface area contributed by atoms with E-state index in [0.717, 1.165) is 16.7 Å². The second-order valence-corrected chi connectivity index (χ2v) is 5.45. The van der Waals surface area contributed by atoms with E-state index < -0.39 is 0 Å². The van der Waals surface area contributed by atoms with Crippen molar-refractivity contribution in [3.8, 4) is 28.6 Å². The van der Waals surface area contributed by atoms with Gasteiger partial charge in [0.2, 0.25) is 0 Å². The molecule has 5 heteroatoms. The smallest absolute Gasteiger partial charge is 0.253 e.